The van der Waals surface area contributed by atoms with Crippen LogP contribution in [-0.2, 0) is 19.6 Å². The maximum absolute atomic E-state index is 13.1. The maximum Gasteiger partial charge on any atom is 0.307 e. The number of nitrogens with zero attached hydrogens (tertiary/aromatic N) is 2. The molecule has 0 spiro atoms. The zero-order chi connectivity index (χ0) is 20.1. The highest BCUT2D eigenvalue weighted by atomic mass is 32.2. The number of benzene rings is 1. The molecule has 2 bridgehead atoms. The molecule has 0 unspecified atom stereocenters. The van der Waals surface area contributed by atoms with E-state index in [9.17, 15) is 27.5 Å². The first-order chi connectivity index (χ1) is 13.3. The summed E-state index contributed by atoms with van der Waals surface area (Å²) in [5, 5.41) is 9.56. The number of sulfonamides is 1. The van der Waals surface area contributed by atoms with Gasteiger partial charge in [-0.05, 0) is 55.4 Å². The lowest BCUT2D eigenvalue weighted by atomic mass is 9.78. The van der Waals surface area contributed by atoms with Crippen LogP contribution in [0.2, 0.25) is 0 Å². The van der Waals surface area contributed by atoms with Crippen molar-refractivity contribution in [1.29, 1.82) is 0 Å². The summed E-state index contributed by atoms with van der Waals surface area (Å²) in [6, 6.07) is 4.67. The molecule has 1 amide bonds. The quantitative estimate of drug-likeness (QED) is 0.810. The van der Waals surface area contributed by atoms with Crippen molar-refractivity contribution in [2.75, 3.05) is 26.2 Å². The molecular weight excluding hydrogens is 387 g/mol. The molecule has 4 atom stereocenters. The van der Waals surface area contributed by atoms with E-state index in [1.54, 1.807) is 4.90 Å². The lowest BCUT2D eigenvalue weighted by Crippen LogP contribution is -2.53. The molecule has 2 aliphatic carbocycles. The van der Waals surface area contributed by atoms with Crippen molar-refractivity contribution in [2.45, 2.75) is 24.2 Å². The number of piperazine rings is 1. The Bertz CT molecular complexity index is 880. The van der Waals surface area contributed by atoms with Crippen molar-refractivity contribution in [3.63, 3.8) is 0 Å². The number of aliphatic carboxylic acids is 1. The Hall–Kier alpha value is -2.00. The van der Waals surface area contributed by atoms with Crippen LogP contribution < -0.4 is 0 Å². The molecule has 28 heavy (non-hydrogen) atoms. The average molecular weight is 410 g/mol. The van der Waals surface area contributed by atoms with Gasteiger partial charge in [0.25, 0.3) is 0 Å². The molecule has 0 aromatic heterocycles. The highest BCUT2D eigenvalue weighted by Crippen LogP contribution is 2.53. The van der Waals surface area contributed by atoms with Crippen molar-refractivity contribution in [2.24, 2.45) is 23.7 Å². The molecular formula is C19H23FN2O5S. The van der Waals surface area contributed by atoms with Gasteiger partial charge in [-0.1, -0.05) is 0 Å². The Morgan fingerprint density at radius 3 is 2.11 bits per heavy atom. The number of hydrogen-bond acceptors (Lipinski definition) is 4. The van der Waals surface area contributed by atoms with Gasteiger partial charge in [-0.3, -0.25) is 9.59 Å². The fourth-order valence-corrected chi connectivity index (χ4v) is 6.54. The summed E-state index contributed by atoms with van der Waals surface area (Å²) in [5.74, 6) is -2.46. The molecule has 1 N–H and O–H groups in total. The Balaban J connectivity index is 1.43. The molecule has 7 nitrogen and oxygen atoms in total. The number of carboxylic acids is 1. The molecule has 1 heterocycles. The van der Waals surface area contributed by atoms with Gasteiger partial charge in [0.1, 0.15) is 5.82 Å². The Morgan fingerprint density at radius 2 is 1.54 bits per heavy atom. The van der Waals surface area contributed by atoms with Crippen LogP contribution >= 0.6 is 0 Å². The minimum Gasteiger partial charge on any atom is -0.481 e. The standard InChI is InChI=1S/C19H23FN2O5S/c20-14-3-5-15(6-4-14)28(26,27)22-9-7-21(8-10-22)18(23)16-12-1-2-13(11-12)17(16)19(24)25/h3-6,12-13,16-17H,1-2,7-11H2,(H,24,25)/t12-,13+,16+,17+/m1/s1. The van der Waals surface area contributed by atoms with E-state index in [0.717, 1.165) is 31.4 Å². The zero-order valence-corrected chi connectivity index (χ0v) is 16.1. The van der Waals surface area contributed by atoms with E-state index >= 15 is 0 Å². The number of hydrogen-bond donors (Lipinski definition) is 1. The molecule has 1 aliphatic heterocycles. The minimum absolute atomic E-state index is 0.0210. The minimum atomic E-state index is -3.74. The van der Waals surface area contributed by atoms with Gasteiger partial charge in [-0.15, -0.1) is 0 Å². The van der Waals surface area contributed by atoms with Crippen molar-refractivity contribution < 1.29 is 27.5 Å². The Morgan fingerprint density at radius 1 is 0.964 bits per heavy atom. The summed E-state index contributed by atoms with van der Waals surface area (Å²) < 4.78 is 39.8. The maximum atomic E-state index is 13.1. The number of halogens is 1. The van der Waals surface area contributed by atoms with Gasteiger partial charge in [-0.25, -0.2) is 12.8 Å². The molecule has 1 aromatic carbocycles. The highest BCUT2D eigenvalue weighted by Gasteiger charge is 2.55. The molecule has 0 radical (unpaired) electrons. The lowest BCUT2D eigenvalue weighted by molar-refractivity contribution is -0.153. The molecule has 152 valence electrons. The summed E-state index contributed by atoms with van der Waals surface area (Å²) in [6.07, 6.45) is 2.56. The van der Waals surface area contributed by atoms with Gasteiger partial charge in [0.05, 0.1) is 16.7 Å². The van der Waals surface area contributed by atoms with Crippen LogP contribution in [0.3, 0.4) is 0 Å². The van der Waals surface area contributed by atoms with Crippen LogP contribution in [0.25, 0.3) is 0 Å². The van der Waals surface area contributed by atoms with Gasteiger partial charge >= 0.3 is 5.97 Å². The van der Waals surface area contributed by atoms with Crippen molar-refractivity contribution >= 4 is 21.9 Å². The molecule has 1 aromatic rings. The van der Waals surface area contributed by atoms with Crippen molar-refractivity contribution in [3.8, 4) is 0 Å². The van der Waals surface area contributed by atoms with E-state index < -0.39 is 33.6 Å². The summed E-state index contributed by atoms with van der Waals surface area (Å²) in [5.41, 5.74) is 0. The lowest BCUT2D eigenvalue weighted by Gasteiger charge is -2.37. The van der Waals surface area contributed by atoms with Crippen LogP contribution in [-0.4, -0.2) is 60.8 Å². The monoisotopic (exact) mass is 410 g/mol. The molecule has 9 heteroatoms. The third-order valence-corrected chi connectivity index (χ3v) is 8.40. The number of rotatable bonds is 4. The van der Waals surface area contributed by atoms with Gasteiger partial charge in [0.15, 0.2) is 0 Å². The fourth-order valence-electron chi connectivity index (χ4n) is 5.12. The topological polar surface area (TPSA) is 95.0 Å². The summed E-state index contributed by atoms with van der Waals surface area (Å²) in [6.45, 7) is 0.757. The van der Waals surface area contributed by atoms with E-state index in [1.807, 2.05) is 0 Å². The number of carbonyl (C=O) groups excluding carboxylic acids is 1. The van der Waals surface area contributed by atoms with Crippen LogP contribution in [0.15, 0.2) is 29.2 Å². The first-order valence-corrected chi connectivity index (χ1v) is 11.0. The van der Waals surface area contributed by atoms with Crippen LogP contribution in [0, 0.1) is 29.5 Å². The second-order valence-electron chi connectivity index (χ2n) is 7.91. The van der Waals surface area contributed by atoms with Crippen LogP contribution in [0.4, 0.5) is 4.39 Å². The summed E-state index contributed by atoms with van der Waals surface area (Å²) >= 11 is 0. The van der Waals surface area contributed by atoms with E-state index in [-0.39, 0.29) is 48.8 Å². The van der Waals surface area contributed by atoms with Gasteiger partial charge in [0, 0.05) is 26.2 Å². The van der Waals surface area contributed by atoms with Crippen molar-refractivity contribution in [1.82, 2.24) is 9.21 Å². The second-order valence-corrected chi connectivity index (χ2v) is 9.84. The predicted octanol–water partition coefficient (Wildman–Crippen LogP) is 1.41. The highest BCUT2D eigenvalue weighted by molar-refractivity contribution is 7.89. The van der Waals surface area contributed by atoms with E-state index in [1.165, 1.54) is 16.4 Å². The SMILES string of the molecule is O=C(O)[C@H]1[C@H]2CC[C@H](C2)[C@@H]1C(=O)N1CCN(S(=O)(=O)c2ccc(F)cc2)CC1. The number of amides is 1. The van der Waals surface area contributed by atoms with Gasteiger partial charge in [-0.2, -0.15) is 4.31 Å². The molecule has 4 rings (SSSR count). The van der Waals surface area contributed by atoms with Crippen molar-refractivity contribution in [3.05, 3.63) is 30.1 Å². The van der Waals surface area contributed by atoms with E-state index in [0.29, 0.717) is 0 Å². The zero-order valence-electron chi connectivity index (χ0n) is 15.3. The normalized spacial score (nSPS) is 30.5. The Kier molecular flexibility index (Phi) is 4.91. The second kappa shape index (κ2) is 7.11. The Labute approximate surface area is 163 Å². The fraction of sp³-hybridized carbons (Fsp3) is 0.579. The molecule has 2 saturated carbocycles. The smallest absolute Gasteiger partial charge is 0.307 e. The number of fused-ring (bicyclic) bond motifs is 2. The third kappa shape index (κ3) is 3.20. The summed E-state index contributed by atoms with van der Waals surface area (Å²) in [4.78, 5) is 26.3. The summed E-state index contributed by atoms with van der Waals surface area (Å²) in [7, 11) is -3.74. The largest absolute Gasteiger partial charge is 0.481 e. The van der Waals surface area contributed by atoms with E-state index in [4.69, 9.17) is 0 Å². The van der Waals surface area contributed by atoms with E-state index in [2.05, 4.69) is 0 Å². The number of carbonyl (C=O) groups is 2. The molecule has 1 saturated heterocycles. The third-order valence-electron chi connectivity index (χ3n) is 6.49. The average Bonchev–Trinajstić information content (AvgIpc) is 3.29. The van der Waals surface area contributed by atoms with Gasteiger partial charge in [0.2, 0.25) is 15.9 Å². The molecule has 3 fully saturated rings. The first-order valence-electron chi connectivity index (χ1n) is 9.56. The van der Waals surface area contributed by atoms with Gasteiger partial charge < -0.3 is 10.0 Å². The molecule has 3 aliphatic rings. The van der Waals surface area contributed by atoms with Crippen LogP contribution in [0.5, 0.6) is 0 Å². The first kappa shape index (κ1) is 19.3. The van der Waals surface area contributed by atoms with Crippen LogP contribution in [0.1, 0.15) is 19.3 Å². The number of carboxylic acid groups (broad SMARTS) is 1. The predicted molar refractivity (Wildman–Crippen MR) is 97.2 cm³/mol.